The van der Waals surface area contributed by atoms with E-state index in [9.17, 15) is 9.90 Å². The molecule has 0 aliphatic heterocycles. The van der Waals surface area contributed by atoms with Gasteiger partial charge in [0.25, 0.3) is 0 Å². The Bertz CT molecular complexity index is 1160. The molecule has 4 aliphatic carbocycles. The summed E-state index contributed by atoms with van der Waals surface area (Å²) >= 11 is 0. The average Bonchev–Trinajstić information content (AvgIpc) is 3.24. The summed E-state index contributed by atoms with van der Waals surface area (Å²) in [5.41, 5.74) is -2.15. The number of Topliss-reactive ketones (excluding diaryl/α,β-unsaturated/α-hetero) is 1. The Balaban J connectivity index is 1.80. The van der Waals surface area contributed by atoms with E-state index in [4.69, 9.17) is 13.3 Å². The number of rotatable bonds is 11. The van der Waals surface area contributed by atoms with E-state index in [1.807, 2.05) is 0 Å². The lowest BCUT2D eigenvalue weighted by molar-refractivity contribution is -0.266. The normalized spacial score (nSPS) is 39.5. The SMILES string of the molecule is CC[Si](CC)(CC)O[C@]12CC[C@H](CO[Si](C)(C)C(C)(C)C)[C@@]1(C)CC(O)(C(C)=O)C1[C@@H]2CC[C@@H]2C[C@@H](O[Si](C)(C)C(C)(C)C)CC[C@]12C. The molecule has 0 saturated heterocycles. The van der Waals surface area contributed by atoms with E-state index in [0.29, 0.717) is 18.9 Å². The van der Waals surface area contributed by atoms with Crippen molar-refractivity contribution in [2.45, 2.75) is 206 Å². The molecule has 4 aliphatic rings. The molecule has 0 heterocycles. The molecule has 5 nitrogen and oxygen atoms in total. The van der Waals surface area contributed by atoms with Crippen LogP contribution in [0.4, 0.5) is 0 Å². The molecular weight excluding hydrogens is 645 g/mol. The highest BCUT2D eigenvalue weighted by molar-refractivity contribution is 6.74. The molecule has 0 amide bonds. The van der Waals surface area contributed by atoms with Crippen LogP contribution in [-0.2, 0) is 18.1 Å². The molecule has 1 N–H and O–H groups in total. The largest absolute Gasteiger partial charge is 0.417 e. The van der Waals surface area contributed by atoms with Crippen molar-refractivity contribution < 1.29 is 23.2 Å². The molecule has 2 unspecified atom stereocenters. The molecule has 4 fully saturated rings. The summed E-state index contributed by atoms with van der Waals surface area (Å²) in [5, 5.41) is 13.4. The van der Waals surface area contributed by atoms with Crippen molar-refractivity contribution in [2.75, 3.05) is 6.61 Å². The summed E-state index contributed by atoms with van der Waals surface area (Å²) in [7, 11) is -5.94. The second-order valence-electron chi connectivity index (χ2n) is 20.8. The van der Waals surface area contributed by atoms with E-state index in [1.54, 1.807) is 6.92 Å². The van der Waals surface area contributed by atoms with Gasteiger partial charge in [0, 0.05) is 24.0 Å². The van der Waals surface area contributed by atoms with Crippen LogP contribution in [-0.4, -0.2) is 59.8 Å². The number of ketones is 1. The Morgan fingerprint density at radius 1 is 0.833 bits per heavy atom. The van der Waals surface area contributed by atoms with E-state index in [2.05, 4.69) is 102 Å². The van der Waals surface area contributed by atoms with Crippen LogP contribution < -0.4 is 0 Å². The predicted octanol–water partition coefficient (Wildman–Crippen LogP) is 11.1. The van der Waals surface area contributed by atoms with Crippen LogP contribution in [0.25, 0.3) is 0 Å². The van der Waals surface area contributed by atoms with Crippen LogP contribution in [0.3, 0.4) is 0 Å². The van der Waals surface area contributed by atoms with Crippen molar-refractivity contribution in [2.24, 2.45) is 34.5 Å². The first-order chi connectivity index (χ1) is 21.7. The summed E-state index contributed by atoms with van der Waals surface area (Å²) < 4.78 is 22.1. The third-order valence-corrected chi connectivity index (χ3v) is 30.3. The molecule has 0 aromatic heterocycles. The molecule has 0 aromatic rings. The molecular formula is C40H78O5Si3. The van der Waals surface area contributed by atoms with Gasteiger partial charge < -0.3 is 18.4 Å². The zero-order valence-corrected chi connectivity index (χ0v) is 37.5. The molecule has 0 radical (unpaired) electrons. The van der Waals surface area contributed by atoms with Crippen molar-refractivity contribution in [3.05, 3.63) is 0 Å². The summed E-state index contributed by atoms with van der Waals surface area (Å²) in [6, 6.07) is 3.34. The van der Waals surface area contributed by atoms with Crippen LogP contribution >= 0.6 is 0 Å². The molecule has 0 aromatic carbocycles. The number of aliphatic hydroxyl groups is 1. The van der Waals surface area contributed by atoms with Crippen LogP contribution in [0.5, 0.6) is 0 Å². The summed E-state index contributed by atoms with van der Waals surface area (Å²) in [6.07, 6.45) is 8.08. The fourth-order valence-electron chi connectivity index (χ4n) is 11.0. The van der Waals surface area contributed by atoms with E-state index in [-0.39, 0.29) is 56.1 Å². The molecule has 9 atom stereocenters. The first-order valence-electron chi connectivity index (χ1n) is 20.0. The van der Waals surface area contributed by atoms with Gasteiger partial charge in [0.2, 0.25) is 0 Å². The third kappa shape index (κ3) is 6.52. The van der Waals surface area contributed by atoms with Crippen molar-refractivity contribution in [1.82, 2.24) is 0 Å². The molecule has 0 spiro atoms. The topological polar surface area (TPSA) is 65.0 Å². The van der Waals surface area contributed by atoms with Crippen LogP contribution in [0, 0.1) is 34.5 Å². The van der Waals surface area contributed by atoms with Crippen molar-refractivity contribution in [3.63, 3.8) is 0 Å². The monoisotopic (exact) mass is 723 g/mol. The van der Waals surface area contributed by atoms with E-state index >= 15 is 0 Å². The van der Waals surface area contributed by atoms with Gasteiger partial charge in [-0.3, -0.25) is 4.79 Å². The fraction of sp³-hybridized carbons (Fsp3) is 0.975. The minimum atomic E-state index is -2.05. The predicted molar refractivity (Wildman–Crippen MR) is 209 cm³/mol. The minimum absolute atomic E-state index is 0.0326. The Hall–Kier alpha value is 0.161. The van der Waals surface area contributed by atoms with Crippen molar-refractivity contribution in [3.8, 4) is 0 Å². The standard InChI is InChI=1S/C40H78O5Si3/c1-17-48(18-2,19-3)45-40-25-22-31(27-43-46(13,14)35(5,6)7)38(40,12)28-39(42,29(4)41)34-33(40)21-20-30-26-32(23-24-37(30,34)11)44-47(15,16)36(8,9)10/h30-34,42H,17-28H2,1-16H3/t30-,31-,32+,33+,34?,37+,38-,39?,40+/m1/s1. The number of carbonyl (C=O) groups excluding carboxylic acids is 1. The Kier molecular flexibility index (Phi) is 11.3. The second-order valence-corrected chi connectivity index (χ2v) is 35.0. The van der Waals surface area contributed by atoms with Gasteiger partial charge in [-0.1, -0.05) is 76.2 Å². The molecule has 4 rings (SSSR count). The number of hydrogen-bond donors (Lipinski definition) is 1. The van der Waals surface area contributed by atoms with Gasteiger partial charge in [-0.15, -0.1) is 0 Å². The van der Waals surface area contributed by atoms with E-state index in [1.165, 1.54) is 0 Å². The van der Waals surface area contributed by atoms with Gasteiger partial charge in [0.1, 0.15) is 5.60 Å². The van der Waals surface area contributed by atoms with Gasteiger partial charge in [0.15, 0.2) is 30.7 Å². The Labute approximate surface area is 300 Å². The molecule has 280 valence electrons. The lowest BCUT2D eigenvalue weighted by Gasteiger charge is -2.70. The van der Waals surface area contributed by atoms with Gasteiger partial charge in [-0.25, -0.2) is 0 Å². The Morgan fingerprint density at radius 2 is 1.40 bits per heavy atom. The summed E-state index contributed by atoms with van der Waals surface area (Å²) in [4.78, 5) is 14.1. The lowest BCUT2D eigenvalue weighted by Crippen LogP contribution is -2.74. The minimum Gasteiger partial charge on any atom is -0.417 e. The fourth-order valence-corrected chi connectivity index (χ4v) is 16.6. The molecule has 48 heavy (non-hydrogen) atoms. The zero-order chi connectivity index (χ0) is 36.6. The highest BCUT2D eigenvalue weighted by atomic mass is 28.4. The number of hydrogen-bond acceptors (Lipinski definition) is 5. The van der Waals surface area contributed by atoms with Crippen LogP contribution in [0.15, 0.2) is 0 Å². The van der Waals surface area contributed by atoms with E-state index in [0.717, 1.165) is 63.1 Å². The lowest BCUT2D eigenvalue weighted by atomic mass is 9.39. The maximum atomic E-state index is 14.1. The average molecular weight is 723 g/mol. The van der Waals surface area contributed by atoms with Gasteiger partial charge in [0.05, 0.1) is 5.60 Å². The maximum absolute atomic E-state index is 14.1. The first kappa shape index (κ1) is 40.9. The second kappa shape index (κ2) is 13.2. The molecule has 8 heteroatoms. The smallest absolute Gasteiger partial charge is 0.192 e. The maximum Gasteiger partial charge on any atom is 0.192 e. The highest BCUT2D eigenvalue weighted by Crippen LogP contribution is 2.73. The quantitative estimate of drug-likeness (QED) is 0.215. The van der Waals surface area contributed by atoms with Crippen molar-refractivity contribution in [1.29, 1.82) is 0 Å². The Morgan fingerprint density at radius 3 is 1.90 bits per heavy atom. The summed E-state index contributed by atoms with van der Waals surface area (Å²) in [5.74, 6) is 0.739. The van der Waals surface area contributed by atoms with E-state index < -0.39 is 30.6 Å². The van der Waals surface area contributed by atoms with Crippen LogP contribution in [0.2, 0.25) is 54.4 Å². The highest BCUT2D eigenvalue weighted by Gasteiger charge is 2.75. The molecule has 0 bridgehead atoms. The van der Waals surface area contributed by atoms with Gasteiger partial charge >= 0.3 is 0 Å². The zero-order valence-electron chi connectivity index (χ0n) is 34.5. The van der Waals surface area contributed by atoms with Gasteiger partial charge in [-0.05, 0) is 136 Å². The summed E-state index contributed by atoms with van der Waals surface area (Å²) in [6.45, 7) is 37.8. The number of fused-ring (bicyclic) bond motifs is 5. The third-order valence-electron chi connectivity index (χ3n) is 16.6. The molecule has 4 saturated carbocycles. The first-order valence-corrected chi connectivity index (χ1v) is 28.3. The van der Waals surface area contributed by atoms with Gasteiger partial charge in [-0.2, -0.15) is 0 Å². The number of carbonyl (C=O) groups is 1. The van der Waals surface area contributed by atoms with Crippen molar-refractivity contribution >= 4 is 30.7 Å². The van der Waals surface area contributed by atoms with Crippen LogP contribution in [0.1, 0.15) is 134 Å².